The fourth-order valence-corrected chi connectivity index (χ4v) is 3.56. The van der Waals surface area contributed by atoms with Crippen LogP contribution in [0.5, 0.6) is 5.75 Å². The fraction of sp³-hybridized carbons (Fsp3) is 0.0714. The van der Waals surface area contributed by atoms with Gasteiger partial charge >= 0.3 is 27.2 Å². The minimum atomic E-state index is -0.962. The van der Waals surface area contributed by atoms with Crippen LogP contribution in [0.3, 0.4) is 0 Å². The first-order valence-electron chi connectivity index (χ1n) is 5.38. The Balaban J connectivity index is 0.00000180. The quantitative estimate of drug-likeness (QED) is 0.605. The Morgan fingerprint density at radius 1 is 1.00 bits per heavy atom. The van der Waals surface area contributed by atoms with Crippen LogP contribution in [0.4, 0.5) is 0 Å². The van der Waals surface area contributed by atoms with Gasteiger partial charge in [-0.25, -0.2) is 4.79 Å². The summed E-state index contributed by atoms with van der Waals surface area (Å²) in [4.78, 5) is 10.4. The average Bonchev–Trinajstić information content (AvgIpc) is 2.39. The topological polar surface area (TPSA) is 46.5 Å². The molecule has 0 spiro atoms. The highest BCUT2D eigenvalue weighted by atomic mass is 127. The summed E-state index contributed by atoms with van der Waals surface area (Å²) in [6.07, 6.45) is 0. The normalized spacial score (nSPS) is 9.47. The van der Waals surface area contributed by atoms with Crippen LogP contribution in [-0.2, 0) is 4.79 Å². The zero-order valence-corrected chi connectivity index (χ0v) is 14.4. The van der Waals surface area contributed by atoms with Gasteiger partial charge in [0.15, 0.2) is 13.7 Å². The molecule has 0 radical (unpaired) electrons. The van der Waals surface area contributed by atoms with Crippen LogP contribution in [0, 0.1) is 7.14 Å². The Labute approximate surface area is 139 Å². The summed E-state index contributed by atoms with van der Waals surface area (Å²) < 4.78 is 7.72. The third-order valence-corrected chi connectivity index (χ3v) is 4.81. The summed E-state index contributed by atoms with van der Waals surface area (Å²) in [5.74, 6) is -0.367. The van der Waals surface area contributed by atoms with Crippen molar-refractivity contribution < 1.29 is 35.8 Å². The largest absolute Gasteiger partial charge is 0.482 e. The summed E-state index contributed by atoms with van der Waals surface area (Å²) in [5.41, 5.74) is 0. The van der Waals surface area contributed by atoms with Gasteiger partial charge in [-0.1, -0.05) is 18.2 Å². The number of halogens is 2. The fourth-order valence-electron chi connectivity index (χ4n) is 1.34. The van der Waals surface area contributed by atoms with Gasteiger partial charge in [0.05, 0.1) is 0 Å². The first-order chi connectivity index (χ1) is 8.74. The Kier molecular flexibility index (Phi) is 7.14. The summed E-state index contributed by atoms with van der Waals surface area (Å²) in [5, 5.41) is 8.50. The van der Waals surface area contributed by atoms with Crippen molar-refractivity contribution in [2.24, 2.45) is 0 Å². The Morgan fingerprint density at radius 2 is 1.58 bits per heavy atom. The second kappa shape index (κ2) is 8.36. The summed E-state index contributed by atoms with van der Waals surface area (Å²) in [6, 6.07) is 18.0. The highest BCUT2D eigenvalue weighted by Crippen LogP contribution is 2.07. The van der Waals surface area contributed by atoms with E-state index in [1.165, 1.54) is 7.14 Å². The molecule has 0 aliphatic heterocycles. The summed E-state index contributed by atoms with van der Waals surface area (Å²) in [6.45, 7) is -0.299. The number of hydrogen-bond acceptors (Lipinski definition) is 2. The molecule has 0 fully saturated rings. The molecule has 0 saturated carbocycles. The number of carboxylic acids is 1. The number of hydrogen-bond donors (Lipinski definition) is 1. The molecule has 2 rings (SSSR count). The predicted octanol–water partition coefficient (Wildman–Crippen LogP) is -0.104. The van der Waals surface area contributed by atoms with Crippen LogP contribution in [-0.4, -0.2) is 17.7 Å². The Morgan fingerprint density at radius 3 is 2.16 bits per heavy atom. The molecule has 0 bridgehead atoms. The van der Waals surface area contributed by atoms with Crippen molar-refractivity contribution in [3.8, 4) is 5.75 Å². The standard InChI is InChI=1S/C14H11IO3.HI/c16-14(17)10-18-13-8-6-12(7-9-13)15-11-4-2-1-3-5-11;/h1-9H,10H2;1H/p+1. The van der Waals surface area contributed by atoms with Gasteiger partial charge < -0.3 is 9.84 Å². The van der Waals surface area contributed by atoms with Gasteiger partial charge in [0.2, 0.25) is 0 Å². The molecule has 0 unspecified atom stereocenters. The van der Waals surface area contributed by atoms with E-state index in [0.29, 0.717) is 5.75 Å². The van der Waals surface area contributed by atoms with Crippen molar-refractivity contribution in [2.75, 3.05) is 6.61 Å². The lowest BCUT2D eigenvalue weighted by Gasteiger charge is -2.00. The van der Waals surface area contributed by atoms with E-state index >= 15 is 0 Å². The monoisotopic (exact) mass is 483 g/mol. The summed E-state index contributed by atoms with van der Waals surface area (Å²) >= 11 is -0.179. The lowest BCUT2D eigenvalue weighted by Crippen LogP contribution is -3.61. The molecule has 19 heavy (non-hydrogen) atoms. The van der Waals surface area contributed by atoms with Crippen LogP contribution in [0.25, 0.3) is 0 Å². The minimum absolute atomic E-state index is 0. The van der Waals surface area contributed by atoms with Crippen molar-refractivity contribution in [3.05, 3.63) is 61.7 Å². The van der Waals surface area contributed by atoms with E-state index in [1.807, 2.05) is 42.5 Å². The van der Waals surface area contributed by atoms with E-state index in [-0.39, 0.29) is 51.8 Å². The van der Waals surface area contributed by atoms with Crippen molar-refractivity contribution in [1.82, 2.24) is 0 Å². The minimum Gasteiger partial charge on any atom is -0.482 e. The Hall–Kier alpha value is -0.830. The lowest BCUT2D eigenvalue weighted by atomic mass is 10.3. The van der Waals surface area contributed by atoms with Crippen molar-refractivity contribution >= 4 is 29.9 Å². The first-order valence-corrected chi connectivity index (χ1v) is 7.54. The molecule has 3 nitrogen and oxygen atoms in total. The van der Waals surface area contributed by atoms with E-state index in [9.17, 15) is 4.79 Å². The molecule has 0 heterocycles. The number of benzene rings is 2. The highest BCUT2D eigenvalue weighted by molar-refractivity contribution is 14.0. The molecule has 0 amide bonds. The molecule has 5 heteroatoms. The van der Waals surface area contributed by atoms with Gasteiger partial charge in [0, 0.05) is 0 Å². The molecule has 0 aliphatic rings. The van der Waals surface area contributed by atoms with Crippen LogP contribution in [0.2, 0.25) is 0 Å². The number of carboxylic acid groups (broad SMARTS) is 1. The lowest BCUT2D eigenvalue weighted by molar-refractivity contribution is -0.597. The van der Waals surface area contributed by atoms with E-state index in [0.717, 1.165) is 0 Å². The average molecular weight is 483 g/mol. The maximum absolute atomic E-state index is 10.4. The van der Waals surface area contributed by atoms with Crippen LogP contribution in [0.15, 0.2) is 54.6 Å². The first kappa shape index (κ1) is 16.2. The molecule has 0 aromatic heterocycles. The molecule has 0 saturated heterocycles. The number of carbonyl (C=O) groups is 1. The smallest absolute Gasteiger partial charge is 0.357 e. The Bertz CT molecular complexity index is 512. The van der Waals surface area contributed by atoms with Crippen LogP contribution >= 0.6 is 24.0 Å². The molecular formula is C14H13I2O3+. The van der Waals surface area contributed by atoms with E-state index in [2.05, 4.69) is 12.1 Å². The van der Waals surface area contributed by atoms with Crippen LogP contribution in [0.1, 0.15) is 0 Å². The van der Waals surface area contributed by atoms with Crippen LogP contribution < -0.4 is 25.9 Å². The molecule has 0 atom stereocenters. The molecular weight excluding hydrogens is 470 g/mol. The van der Waals surface area contributed by atoms with Gasteiger partial charge in [-0.2, -0.15) is 0 Å². The highest BCUT2D eigenvalue weighted by Gasteiger charge is 2.14. The van der Waals surface area contributed by atoms with Crippen molar-refractivity contribution in [1.29, 1.82) is 0 Å². The second-order valence-corrected chi connectivity index (χ2v) is 6.56. The zero-order chi connectivity index (χ0) is 12.8. The number of aliphatic carboxylic acids is 1. The maximum Gasteiger partial charge on any atom is 0.357 e. The second-order valence-electron chi connectivity index (χ2n) is 3.53. The van der Waals surface area contributed by atoms with Gasteiger partial charge in [-0.15, -0.1) is 24.0 Å². The van der Waals surface area contributed by atoms with Crippen molar-refractivity contribution in [3.63, 3.8) is 0 Å². The van der Waals surface area contributed by atoms with E-state index < -0.39 is 5.97 Å². The maximum atomic E-state index is 10.4. The number of ether oxygens (including phenoxy) is 1. The predicted molar refractivity (Wildman–Crippen MR) is 78.8 cm³/mol. The van der Waals surface area contributed by atoms with E-state index in [1.54, 1.807) is 0 Å². The third-order valence-electron chi connectivity index (χ3n) is 2.13. The summed E-state index contributed by atoms with van der Waals surface area (Å²) in [7, 11) is 0. The zero-order valence-electron chi connectivity index (χ0n) is 9.95. The van der Waals surface area contributed by atoms with E-state index in [4.69, 9.17) is 9.84 Å². The molecule has 1 N–H and O–H groups in total. The van der Waals surface area contributed by atoms with Gasteiger partial charge in [0.1, 0.15) is 5.75 Å². The number of rotatable bonds is 5. The molecule has 2 aromatic rings. The molecule has 100 valence electrons. The van der Waals surface area contributed by atoms with Crippen molar-refractivity contribution in [2.45, 2.75) is 0 Å². The van der Waals surface area contributed by atoms with Gasteiger partial charge in [0.25, 0.3) is 0 Å². The molecule has 2 aromatic carbocycles. The molecule has 0 aliphatic carbocycles. The third kappa shape index (κ3) is 5.77. The van der Waals surface area contributed by atoms with Gasteiger partial charge in [-0.05, 0) is 36.4 Å². The SMILES string of the molecule is I.O=C(O)COc1ccc([I+]c2ccccc2)cc1. The van der Waals surface area contributed by atoms with Gasteiger partial charge in [-0.3, -0.25) is 0 Å².